The minimum Gasteiger partial charge on any atom is -0.488 e. The molecular weight excluding hydrogens is 278 g/mol. The number of hydrogen-bond acceptors (Lipinski definition) is 3. The maximum atomic E-state index is 10.6. The number of carboxylic acid groups (broad SMARTS) is 1. The highest BCUT2D eigenvalue weighted by atomic mass is 35.5. The number of carbonyl (C=O) groups is 1. The predicted octanol–water partition coefficient (Wildman–Crippen LogP) is 3.41. The molecule has 2 rings (SSSR count). The SMILES string of the molecule is O=C(O)C=Cc1ccccc1OCc1ccncc1Cl. The molecule has 0 amide bonds. The zero-order valence-corrected chi connectivity index (χ0v) is 11.2. The van der Waals surface area contributed by atoms with Gasteiger partial charge in [0.25, 0.3) is 0 Å². The molecule has 0 saturated heterocycles. The number of rotatable bonds is 5. The van der Waals surface area contributed by atoms with Crippen LogP contribution >= 0.6 is 11.6 Å². The van der Waals surface area contributed by atoms with Crippen LogP contribution in [-0.2, 0) is 11.4 Å². The lowest BCUT2D eigenvalue weighted by atomic mass is 10.2. The van der Waals surface area contributed by atoms with E-state index in [1.54, 1.807) is 30.6 Å². The highest BCUT2D eigenvalue weighted by Crippen LogP contribution is 2.22. The quantitative estimate of drug-likeness (QED) is 0.857. The molecule has 0 radical (unpaired) electrons. The first kappa shape index (κ1) is 14.1. The van der Waals surface area contributed by atoms with Crippen LogP contribution in [0.15, 0.2) is 48.8 Å². The Morgan fingerprint density at radius 2 is 2.15 bits per heavy atom. The Balaban J connectivity index is 2.14. The first-order chi connectivity index (χ1) is 9.66. The zero-order valence-electron chi connectivity index (χ0n) is 10.5. The van der Waals surface area contributed by atoms with Crippen molar-refractivity contribution in [1.29, 1.82) is 0 Å². The Morgan fingerprint density at radius 1 is 1.35 bits per heavy atom. The third-order valence-electron chi connectivity index (χ3n) is 2.56. The Hall–Kier alpha value is -2.33. The molecule has 1 aromatic heterocycles. The summed E-state index contributed by atoms with van der Waals surface area (Å²) in [5, 5.41) is 9.19. The first-order valence-corrected chi connectivity index (χ1v) is 6.26. The molecule has 0 aliphatic rings. The second-order valence-electron chi connectivity index (χ2n) is 3.97. The van der Waals surface area contributed by atoms with Crippen molar-refractivity contribution < 1.29 is 14.6 Å². The molecule has 102 valence electrons. The maximum Gasteiger partial charge on any atom is 0.328 e. The van der Waals surface area contributed by atoms with E-state index in [9.17, 15) is 4.79 Å². The van der Waals surface area contributed by atoms with E-state index >= 15 is 0 Å². The van der Waals surface area contributed by atoms with Crippen molar-refractivity contribution in [2.45, 2.75) is 6.61 Å². The summed E-state index contributed by atoms with van der Waals surface area (Å²) in [6.07, 6.45) is 5.75. The number of halogens is 1. The lowest BCUT2D eigenvalue weighted by Crippen LogP contribution is -1.98. The number of hydrogen-bond donors (Lipinski definition) is 1. The molecule has 1 aromatic carbocycles. The molecule has 0 unspecified atom stereocenters. The average Bonchev–Trinajstić information content (AvgIpc) is 2.45. The van der Waals surface area contributed by atoms with Gasteiger partial charge >= 0.3 is 5.97 Å². The van der Waals surface area contributed by atoms with Gasteiger partial charge in [0, 0.05) is 29.6 Å². The molecule has 1 N–H and O–H groups in total. The van der Waals surface area contributed by atoms with Crippen molar-refractivity contribution in [3.63, 3.8) is 0 Å². The van der Waals surface area contributed by atoms with Crippen LogP contribution in [0, 0.1) is 0 Å². The van der Waals surface area contributed by atoms with Gasteiger partial charge in [-0.2, -0.15) is 0 Å². The lowest BCUT2D eigenvalue weighted by Gasteiger charge is -2.09. The van der Waals surface area contributed by atoms with E-state index < -0.39 is 5.97 Å². The summed E-state index contributed by atoms with van der Waals surface area (Å²) in [6, 6.07) is 8.97. The zero-order chi connectivity index (χ0) is 14.4. The highest BCUT2D eigenvalue weighted by Gasteiger charge is 2.04. The van der Waals surface area contributed by atoms with E-state index in [0.29, 0.717) is 22.9 Å². The van der Waals surface area contributed by atoms with Crippen molar-refractivity contribution in [3.05, 3.63) is 65.0 Å². The Bertz CT molecular complexity index is 641. The summed E-state index contributed by atoms with van der Waals surface area (Å²) >= 11 is 6.00. The van der Waals surface area contributed by atoms with Gasteiger partial charge in [-0.05, 0) is 18.2 Å². The van der Waals surface area contributed by atoms with Crippen molar-refractivity contribution in [2.75, 3.05) is 0 Å². The van der Waals surface area contributed by atoms with E-state index in [1.807, 2.05) is 12.1 Å². The summed E-state index contributed by atoms with van der Waals surface area (Å²) in [5.74, 6) is -0.408. The van der Waals surface area contributed by atoms with Crippen LogP contribution in [0.4, 0.5) is 0 Å². The van der Waals surface area contributed by atoms with Crippen molar-refractivity contribution >= 4 is 23.6 Å². The van der Waals surface area contributed by atoms with Gasteiger partial charge in [-0.25, -0.2) is 4.79 Å². The number of aromatic nitrogens is 1. The van der Waals surface area contributed by atoms with Crippen molar-refractivity contribution in [1.82, 2.24) is 4.98 Å². The Labute approximate surface area is 121 Å². The molecule has 0 saturated carbocycles. The third kappa shape index (κ3) is 3.83. The number of benzene rings is 1. The van der Waals surface area contributed by atoms with Gasteiger partial charge in [0.2, 0.25) is 0 Å². The third-order valence-corrected chi connectivity index (χ3v) is 2.90. The predicted molar refractivity (Wildman–Crippen MR) is 76.7 cm³/mol. The number of aliphatic carboxylic acids is 1. The van der Waals surface area contributed by atoms with E-state index in [-0.39, 0.29) is 0 Å². The maximum absolute atomic E-state index is 10.6. The molecule has 0 spiro atoms. The van der Waals surface area contributed by atoms with Crippen LogP contribution in [0.2, 0.25) is 5.02 Å². The van der Waals surface area contributed by atoms with E-state index in [0.717, 1.165) is 11.6 Å². The smallest absolute Gasteiger partial charge is 0.328 e. The molecule has 4 nitrogen and oxygen atoms in total. The van der Waals surface area contributed by atoms with Gasteiger partial charge in [0.1, 0.15) is 12.4 Å². The molecule has 5 heteroatoms. The second-order valence-corrected chi connectivity index (χ2v) is 4.37. The van der Waals surface area contributed by atoms with Crippen molar-refractivity contribution in [3.8, 4) is 5.75 Å². The van der Waals surface area contributed by atoms with Gasteiger partial charge in [0.05, 0.1) is 5.02 Å². The molecule has 2 aromatic rings. The topological polar surface area (TPSA) is 59.4 Å². The molecule has 1 heterocycles. The molecule has 0 fully saturated rings. The molecular formula is C15H12ClNO3. The Morgan fingerprint density at radius 3 is 2.90 bits per heavy atom. The number of ether oxygens (including phenoxy) is 1. The summed E-state index contributed by atoms with van der Waals surface area (Å²) in [4.78, 5) is 14.5. The van der Waals surface area contributed by atoms with E-state index in [2.05, 4.69) is 4.98 Å². The lowest BCUT2D eigenvalue weighted by molar-refractivity contribution is -0.131. The van der Waals surface area contributed by atoms with Crippen LogP contribution < -0.4 is 4.74 Å². The van der Waals surface area contributed by atoms with Crippen LogP contribution in [0.5, 0.6) is 5.75 Å². The average molecular weight is 290 g/mol. The minimum atomic E-state index is -1.00. The normalized spacial score (nSPS) is 10.7. The molecule has 0 aliphatic carbocycles. The fraction of sp³-hybridized carbons (Fsp3) is 0.0667. The Kier molecular flexibility index (Phi) is 4.74. The summed E-state index contributed by atoms with van der Waals surface area (Å²) in [7, 11) is 0. The van der Waals surface area contributed by atoms with E-state index in [4.69, 9.17) is 21.4 Å². The van der Waals surface area contributed by atoms with Crippen LogP contribution in [0.25, 0.3) is 6.08 Å². The second kappa shape index (κ2) is 6.73. The number of para-hydroxylation sites is 1. The minimum absolute atomic E-state index is 0.291. The summed E-state index contributed by atoms with van der Waals surface area (Å²) < 4.78 is 5.68. The van der Waals surface area contributed by atoms with Gasteiger partial charge in [-0.3, -0.25) is 4.98 Å². The summed E-state index contributed by atoms with van der Waals surface area (Å²) in [6.45, 7) is 0.291. The summed E-state index contributed by atoms with van der Waals surface area (Å²) in [5.41, 5.74) is 1.51. The largest absolute Gasteiger partial charge is 0.488 e. The highest BCUT2D eigenvalue weighted by molar-refractivity contribution is 6.31. The van der Waals surface area contributed by atoms with Crippen molar-refractivity contribution in [2.24, 2.45) is 0 Å². The van der Waals surface area contributed by atoms with Crippen LogP contribution in [0.3, 0.4) is 0 Å². The van der Waals surface area contributed by atoms with Gasteiger partial charge in [0.15, 0.2) is 0 Å². The van der Waals surface area contributed by atoms with Crippen LogP contribution in [0.1, 0.15) is 11.1 Å². The molecule has 20 heavy (non-hydrogen) atoms. The van der Waals surface area contributed by atoms with Gasteiger partial charge in [-0.15, -0.1) is 0 Å². The standard InChI is InChI=1S/C15H12ClNO3/c16-13-9-17-8-7-12(13)10-20-14-4-2-1-3-11(14)5-6-15(18)19/h1-9H,10H2,(H,18,19). The monoisotopic (exact) mass is 289 g/mol. The fourth-order valence-electron chi connectivity index (χ4n) is 1.59. The van der Waals surface area contributed by atoms with E-state index in [1.165, 1.54) is 6.08 Å². The van der Waals surface area contributed by atoms with Crippen LogP contribution in [-0.4, -0.2) is 16.1 Å². The molecule has 0 bridgehead atoms. The van der Waals surface area contributed by atoms with Gasteiger partial charge in [-0.1, -0.05) is 29.8 Å². The number of pyridine rings is 1. The number of carboxylic acids is 1. The molecule has 0 aliphatic heterocycles. The molecule has 0 atom stereocenters. The number of nitrogens with zero attached hydrogens (tertiary/aromatic N) is 1. The fourth-order valence-corrected chi connectivity index (χ4v) is 1.76. The van der Waals surface area contributed by atoms with Gasteiger partial charge < -0.3 is 9.84 Å². The first-order valence-electron chi connectivity index (χ1n) is 5.88.